The molecule has 1 heterocycles. The van der Waals surface area contributed by atoms with E-state index in [-0.39, 0.29) is 0 Å². The van der Waals surface area contributed by atoms with Crippen molar-refractivity contribution in [3.8, 4) is 0 Å². The molecule has 3 rings (SSSR count). The van der Waals surface area contributed by atoms with Crippen LogP contribution < -0.4 is 5.32 Å². The van der Waals surface area contributed by atoms with Crippen LogP contribution in [0.3, 0.4) is 0 Å². The number of anilines is 1. The highest BCUT2D eigenvalue weighted by molar-refractivity contribution is 5.64. The molecule has 0 bridgehead atoms. The zero-order chi connectivity index (χ0) is 13.6. The minimum Gasteiger partial charge on any atom is -0.377 e. The lowest BCUT2D eigenvalue weighted by atomic mass is 9.98. The number of benzene rings is 2. The molecule has 0 amide bonds. The predicted molar refractivity (Wildman–Crippen MR) is 81.9 cm³/mol. The van der Waals surface area contributed by atoms with E-state index >= 15 is 0 Å². The lowest BCUT2D eigenvalue weighted by Crippen LogP contribution is -2.06. The summed E-state index contributed by atoms with van der Waals surface area (Å²) in [6.07, 6.45) is 1.10. The van der Waals surface area contributed by atoms with E-state index in [2.05, 4.69) is 63.3 Å². The minimum absolute atomic E-state index is 0.426. The number of nitrogens with one attached hydrogen (secondary N) is 1. The van der Waals surface area contributed by atoms with Gasteiger partial charge in [-0.1, -0.05) is 35.9 Å². The van der Waals surface area contributed by atoms with Crippen LogP contribution in [-0.2, 0) is 6.42 Å². The van der Waals surface area contributed by atoms with Crippen LogP contribution in [0.2, 0.25) is 0 Å². The van der Waals surface area contributed by atoms with Crippen molar-refractivity contribution in [1.29, 1.82) is 0 Å². The van der Waals surface area contributed by atoms with Crippen LogP contribution in [0.15, 0.2) is 30.3 Å². The Morgan fingerprint density at radius 2 is 1.68 bits per heavy atom. The summed E-state index contributed by atoms with van der Waals surface area (Å²) in [5, 5.41) is 3.69. The maximum atomic E-state index is 3.69. The molecule has 0 spiro atoms. The lowest BCUT2D eigenvalue weighted by Gasteiger charge is -2.14. The van der Waals surface area contributed by atoms with Gasteiger partial charge in [0, 0.05) is 5.69 Å². The van der Waals surface area contributed by atoms with Crippen molar-refractivity contribution < 1.29 is 0 Å². The third-order valence-electron chi connectivity index (χ3n) is 4.24. The summed E-state index contributed by atoms with van der Waals surface area (Å²) >= 11 is 0. The second kappa shape index (κ2) is 4.41. The Hall–Kier alpha value is -1.76. The average Bonchev–Trinajstić information content (AvgIpc) is 2.76. The quantitative estimate of drug-likeness (QED) is 0.779. The van der Waals surface area contributed by atoms with E-state index in [1.807, 2.05) is 0 Å². The fraction of sp³-hybridized carbons (Fsp3) is 0.333. The van der Waals surface area contributed by atoms with E-state index in [0.717, 1.165) is 6.42 Å². The van der Waals surface area contributed by atoms with E-state index in [1.165, 1.54) is 39.1 Å². The zero-order valence-electron chi connectivity index (χ0n) is 12.2. The van der Waals surface area contributed by atoms with Gasteiger partial charge in [0.15, 0.2) is 0 Å². The molecule has 1 aliphatic heterocycles. The number of fused-ring (bicyclic) bond motifs is 1. The molecule has 0 aromatic heterocycles. The zero-order valence-corrected chi connectivity index (χ0v) is 12.2. The molecule has 0 saturated heterocycles. The summed E-state index contributed by atoms with van der Waals surface area (Å²) in [5.41, 5.74) is 9.67. The van der Waals surface area contributed by atoms with Crippen molar-refractivity contribution in [2.75, 3.05) is 5.32 Å². The second-order valence-corrected chi connectivity index (χ2v) is 5.86. The van der Waals surface area contributed by atoms with Gasteiger partial charge in [-0.3, -0.25) is 0 Å². The highest BCUT2D eigenvalue weighted by Crippen LogP contribution is 2.37. The van der Waals surface area contributed by atoms with Crippen LogP contribution in [0.1, 0.15) is 39.4 Å². The molecule has 2 aromatic carbocycles. The van der Waals surface area contributed by atoms with Gasteiger partial charge in [-0.05, 0) is 61.9 Å². The summed E-state index contributed by atoms with van der Waals surface area (Å²) < 4.78 is 0. The monoisotopic (exact) mass is 251 g/mol. The molecule has 0 fully saturated rings. The summed E-state index contributed by atoms with van der Waals surface area (Å²) in [7, 11) is 0. The maximum Gasteiger partial charge on any atom is 0.0555 e. The van der Waals surface area contributed by atoms with Crippen LogP contribution >= 0.6 is 0 Å². The van der Waals surface area contributed by atoms with Crippen LogP contribution in [0.4, 0.5) is 5.69 Å². The predicted octanol–water partition coefficient (Wildman–Crippen LogP) is 4.63. The molecule has 1 heteroatoms. The van der Waals surface area contributed by atoms with Gasteiger partial charge < -0.3 is 5.32 Å². The van der Waals surface area contributed by atoms with Crippen molar-refractivity contribution in [2.24, 2.45) is 0 Å². The molecule has 19 heavy (non-hydrogen) atoms. The van der Waals surface area contributed by atoms with E-state index in [1.54, 1.807) is 0 Å². The maximum absolute atomic E-state index is 3.69. The summed E-state index contributed by atoms with van der Waals surface area (Å²) in [6, 6.07) is 11.8. The van der Waals surface area contributed by atoms with Gasteiger partial charge in [-0.25, -0.2) is 0 Å². The van der Waals surface area contributed by atoms with E-state index in [9.17, 15) is 0 Å². The van der Waals surface area contributed by atoms with Gasteiger partial charge in [0.2, 0.25) is 0 Å². The third kappa shape index (κ3) is 2.14. The van der Waals surface area contributed by atoms with Crippen LogP contribution in [-0.4, -0.2) is 0 Å². The van der Waals surface area contributed by atoms with E-state index < -0.39 is 0 Å². The number of rotatable bonds is 1. The van der Waals surface area contributed by atoms with Crippen molar-refractivity contribution >= 4 is 5.69 Å². The Balaban J connectivity index is 1.95. The van der Waals surface area contributed by atoms with E-state index in [0.29, 0.717) is 6.04 Å². The fourth-order valence-electron chi connectivity index (χ4n) is 3.05. The van der Waals surface area contributed by atoms with Gasteiger partial charge in [0.1, 0.15) is 0 Å². The molecule has 1 aliphatic rings. The van der Waals surface area contributed by atoms with Crippen molar-refractivity contribution in [3.63, 3.8) is 0 Å². The Morgan fingerprint density at radius 3 is 2.42 bits per heavy atom. The molecule has 2 aromatic rings. The van der Waals surface area contributed by atoms with Gasteiger partial charge in [0.25, 0.3) is 0 Å². The topological polar surface area (TPSA) is 12.0 Å². The Bertz CT molecular complexity index is 640. The van der Waals surface area contributed by atoms with Crippen LogP contribution in [0.5, 0.6) is 0 Å². The summed E-state index contributed by atoms with van der Waals surface area (Å²) in [6.45, 7) is 8.73. The van der Waals surface area contributed by atoms with Crippen molar-refractivity contribution in [2.45, 2.75) is 40.2 Å². The molecule has 98 valence electrons. The summed E-state index contributed by atoms with van der Waals surface area (Å²) in [5.74, 6) is 0. The van der Waals surface area contributed by atoms with Gasteiger partial charge in [0.05, 0.1) is 6.04 Å². The molecule has 1 atom stereocenters. The second-order valence-electron chi connectivity index (χ2n) is 5.86. The average molecular weight is 251 g/mol. The molecule has 0 saturated carbocycles. The molecular weight excluding hydrogens is 230 g/mol. The first-order valence-corrected chi connectivity index (χ1v) is 6.98. The Labute approximate surface area is 115 Å². The number of aryl methyl sites for hydroxylation is 4. The van der Waals surface area contributed by atoms with Crippen LogP contribution in [0.25, 0.3) is 0 Å². The van der Waals surface area contributed by atoms with Crippen molar-refractivity contribution in [1.82, 2.24) is 0 Å². The molecule has 0 radical (unpaired) electrons. The third-order valence-corrected chi connectivity index (χ3v) is 4.24. The lowest BCUT2D eigenvalue weighted by molar-refractivity contribution is 0.822. The Morgan fingerprint density at radius 1 is 0.895 bits per heavy atom. The van der Waals surface area contributed by atoms with Crippen LogP contribution in [0, 0.1) is 27.7 Å². The highest BCUT2D eigenvalue weighted by Gasteiger charge is 2.23. The first kappa shape index (κ1) is 12.3. The first-order chi connectivity index (χ1) is 9.04. The fourth-order valence-corrected chi connectivity index (χ4v) is 3.05. The SMILES string of the molecule is Cc1cc(C)c2c(c1)CC(c1ccc(C)c(C)c1)N2. The summed E-state index contributed by atoms with van der Waals surface area (Å²) in [4.78, 5) is 0. The molecule has 0 aliphatic carbocycles. The normalized spacial score (nSPS) is 17.2. The molecule has 1 nitrogen and oxygen atoms in total. The number of hydrogen-bond acceptors (Lipinski definition) is 1. The van der Waals surface area contributed by atoms with E-state index in [4.69, 9.17) is 0 Å². The molecule has 1 unspecified atom stereocenters. The molecular formula is C18H21N. The largest absolute Gasteiger partial charge is 0.377 e. The Kier molecular flexibility index (Phi) is 2.85. The van der Waals surface area contributed by atoms with Gasteiger partial charge in [-0.2, -0.15) is 0 Å². The highest BCUT2D eigenvalue weighted by atomic mass is 15.0. The smallest absolute Gasteiger partial charge is 0.0555 e. The van der Waals surface area contributed by atoms with Crippen molar-refractivity contribution in [3.05, 3.63) is 63.7 Å². The molecule has 1 N–H and O–H groups in total. The first-order valence-electron chi connectivity index (χ1n) is 6.98. The van der Waals surface area contributed by atoms with Gasteiger partial charge in [-0.15, -0.1) is 0 Å². The number of hydrogen-bond donors (Lipinski definition) is 1. The minimum atomic E-state index is 0.426. The standard InChI is InChI=1S/C18H21N/c1-11-7-14(4)18-16(8-11)10-17(19-18)15-6-5-12(2)13(3)9-15/h5-9,17,19H,10H2,1-4H3. The van der Waals surface area contributed by atoms with Gasteiger partial charge >= 0.3 is 0 Å².